The molecule has 0 bridgehead atoms. The average molecular weight is 1360 g/mol. The van der Waals surface area contributed by atoms with Crippen molar-refractivity contribution in [3.8, 4) is 5.75 Å². The van der Waals surface area contributed by atoms with Gasteiger partial charge in [-0.3, -0.25) is 58.1 Å². The zero-order chi connectivity index (χ0) is 72.7. The highest BCUT2D eigenvalue weighted by Gasteiger charge is 2.35. The third-order valence-electron chi connectivity index (χ3n) is 15.5. The molecule has 0 heterocycles. The number of fused-ring (bicyclic) bond motifs is 1. The van der Waals surface area contributed by atoms with E-state index < -0.39 is 126 Å². The van der Waals surface area contributed by atoms with Crippen LogP contribution in [0.3, 0.4) is 0 Å². The van der Waals surface area contributed by atoms with Crippen molar-refractivity contribution >= 4 is 93.1 Å². The predicted octanol–water partition coefficient (Wildman–Crippen LogP) is 4.49. The molecule has 27 nitrogen and oxygen atoms in total. The van der Waals surface area contributed by atoms with Gasteiger partial charge in [-0.25, -0.2) is 4.79 Å². The number of amidine groups is 1. The molecule has 98 heavy (non-hydrogen) atoms. The van der Waals surface area contributed by atoms with Gasteiger partial charge in [-0.1, -0.05) is 79.9 Å². The summed E-state index contributed by atoms with van der Waals surface area (Å²) in [6.45, 7) is 16.5. The molecule has 3 aromatic carbocycles. The molecule has 0 aliphatic heterocycles. The highest BCUT2D eigenvalue weighted by atomic mass is 16.5. The van der Waals surface area contributed by atoms with Crippen LogP contribution in [0.2, 0.25) is 0 Å². The maximum atomic E-state index is 15.1. The van der Waals surface area contributed by atoms with Gasteiger partial charge >= 0.3 is 12.1 Å². The van der Waals surface area contributed by atoms with Gasteiger partial charge in [-0.05, 0) is 133 Å². The molecule has 3 rings (SSSR count). The summed E-state index contributed by atoms with van der Waals surface area (Å²) in [6, 6.07) is 16.5. The molecule has 7 atom stereocenters. The monoisotopic (exact) mass is 1360 g/mol. The molecule has 0 radical (unpaired) electrons. The van der Waals surface area contributed by atoms with Crippen LogP contribution >= 0.6 is 0 Å². The number of ether oxygens (including phenoxy) is 3. The standard InChI is InChI=1S/C71H103N13O14/c1-11-34-96-63(90)30-27-53(66(93)82-58(46(4)86)21-16-32-78-68(73)75-9)40-56(87)44-80-64(91)54(38-49-23-26-50-18-13-14-19-51(50)37-49)42-61(88)59(22-17-33-79-69(74)76-10)83-65(92)52(20-15-31-77-47(5)72)41-62(89)60(39-48-24-28-57(29-25-48)98-71(6,7)8)84-67(94)55(36-45(3)85)43-81-70(95)97-35-12-2/h11-14,18-19,23-26,28-29,37,52-55,58-60H,1-2,15-17,20-22,27,30-36,38-44H2,3-10H3,(H2,72,77)(H,80,91)(H,81,95)(H,82,93)(H,83,92)(H,84,94)(H3,73,75,78)(H3,74,76,79)/t52-,53-,54-,55+,58+,59-,60+/m1/s1. The number of ketones is 5. The number of amides is 5. The van der Waals surface area contributed by atoms with Crippen LogP contribution in [0.5, 0.6) is 5.75 Å². The van der Waals surface area contributed by atoms with Crippen LogP contribution in [0.25, 0.3) is 10.8 Å². The topological polar surface area (TPSA) is 415 Å². The van der Waals surface area contributed by atoms with E-state index in [2.05, 4.69) is 65.4 Å². The number of esters is 1. The quantitative estimate of drug-likeness (QED) is 0.0122. The van der Waals surface area contributed by atoms with E-state index in [-0.39, 0.29) is 126 Å². The highest BCUT2D eigenvalue weighted by Crippen LogP contribution is 2.25. The lowest BCUT2D eigenvalue weighted by atomic mass is 9.88. The van der Waals surface area contributed by atoms with Crippen LogP contribution in [0, 0.1) is 23.7 Å². The van der Waals surface area contributed by atoms with Crippen molar-refractivity contribution in [3.63, 3.8) is 0 Å². The maximum absolute atomic E-state index is 15.1. The summed E-state index contributed by atoms with van der Waals surface area (Å²) in [6.07, 6.45) is 0.842. The molecule has 5 amide bonds. The lowest BCUT2D eigenvalue weighted by Gasteiger charge is -2.26. The third-order valence-corrected chi connectivity index (χ3v) is 15.5. The number of alkyl carbamates (subject to hydrolysis) is 1. The number of guanidine groups is 2. The van der Waals surface area contributed by atoms with Crippen molar-refractivity contribution < 1.29 is 67.0 Å². The predicted molar refractivity (Wildman–Crippen MR) is 377 cm³/mol. The molecule has 0 fully saturated rings. The van der Waals surface area contributed by atoms with Gasteiger partial charge in [-0.15, -0.1) is 0 Å². The van der Waals surface area contributed by atoms with E-state index in [0.29, 0.717) is 29.8 Å². The fourth-order valence-corrected chi connectivity index (χ4v) is 10.4. The summed E-state index contributed by atoms with van der Waals surface area (Å²) in [5, 5.41) is 21.2. The van der Waals surface area contributed by atoms with Crippen LogP contribution in [0.15, 0.2) is 107 Å². The summed E-state index contributed by atoms with van der Waals surface area (Å²) in [4.78, 5) is 165. The minimum atomic E-state index is -1.30. The van der Waals surface area contributed by atoms with E-state index in [1.54, 1.807) is 31.2 Å². The summed E-state index contributed by atoms with van der Waals surface area (Å²) < 4.78 is 16.2. The number of nitrogens with zero attached hydrogens (tertiary/aromatic N) is 3. The number of Topliss-reactive ketones (excluding diaryl/α,β-unsaturated/α-hetero) is 5. The number of nitrogens with two attached hydrogens (primary N) is 3. The second-order valence-electron chi connectivity index (χ2n) is 25.0. The molecule has 27 heteroatoms. The summed E-state index contributed by atoms with van der Waals surface area (Å²) in [7, 11) is 3.00. The van der Waals surface area contributed by atoms with Gasteiger partial charge < -0.3 is 73.4 Å². The van der Waals surface area contributed by atoms with Crippen LogP contribution in [0.1, 0.15) is 130 Å². The molecule has 13 N–H and O–H groups in total. The Morgan fingerprint density at radius 1 is 0.561 bits per heavy atom. The first-order valence-corrected chi connectivity index (χ1v) is 33.0. The number of benzene rings is 3. The highest BCUT2D eigenvalue weighted by molar-refractivity contribution is 5.98. The minimum Gasteiger partial charge on any atom is -0.488 e. The first-order valence-electron chi connectivity index (χ1n) is 33.0. The summed E-state index contributed by atoms with van der Waals surface area (Å²) in [5.41, 5.74) is 18.3. The fraction of sp³-hybridized carbons (Fsp3) is 0.521. The average Bonchev–Trinajstić information content (AvgIpc) is 0.856. The van der Waals surface area contributed by atoms with Crippen LogP contribution in [-0.2, 0) is 70.3 Å². The Balaban J connectivity index is 2.08. The SMILES string of the molecule is C=CCOC(=O)CC[C@H](CC(=O)CNC(=O)[C@@H](CC(=O)[C@@H](CCCNC(N)=NC)NC(=O)[C@H](CCCN=C(C)N)CC(=O)[C@H](Cc1ccc(OC(C)(C)C)cc1)NC(=O)[C@H](CNC(=O)OCC=C)CC(C)=O)Cc1ccc2ccccc2c1)C(=O)N[C@@H](CCCNC(N)=NC)C(C)=O. The Bertz CT molecular complexity index is 3280. The molecular weight excluding hydrogens is 1260 g/mol. The molecule has 0 aliphatic carbocycles. The van der Waals surface area contributed by atoms with Crippen molar-refractivity contribution in [3.05, 3.63) is 103 Å². The van der Waals surface area contributed by atoms with Crippen molar-refractivity contribution in [2.75, 3.05) is 60.0 Å². The zero-order valence-corrected chi connectivity index (χ0v) is 58.1. The van der Waals surface area contributed by atoms with E-state index in [0.717, 1.165) is 10.8 Å². The van der Waals surface area contributed by atoms with Gasteiger partial charge in [0.05, 0.1) is 36.4 Å². The van der Waals surface area contributed by atoms with Crippen LogP contribution in [0.4, 0.5) is 4.79 Å². The Hall–Kier alpha value is -9.82. The van der Waals surface area contributed by atoms with E-state index in [1.807, 2.05) is 63.2 Å². The van der Waals surface area contributed by atoms with Gasteiger partial charge in [0, 0.05) is 90.1 Å². The third kappa shape index (κ3) is 33.2. The van der Waals surface area contributed by atoms with Crippen molar-refractivity contribution in [2.45, 2.75) is 155 Å². The lowest BCUT2D eigenvalue weighted by Crippen LogP contribution is -2.49. The molecule has 0 saturated heterocycles. The van der Waals surface area contributed by atoms with Crippen LogP contribution in [-0.4, -0.2) is 166 Å². The number of carbonyl (C=O) groups excluding carboxylic acids is 11. The Morgan fingerprint density at radius 3 is 1.70 bits per heavy atom. The van der Waals surface area contributed by atoms with Crippen molar-refractivity contribution in [1.82, 2.24) is 37.2 Å². The fourth-order valence-electron chi connectivity index (χ4n) is 10.4. The lowest BCUT2D eigenvalue weighted by molar-refractivity contribution is -0.143. The largest absolute Gasteiger partial charge is 0.488 e. The number of carbonyl (C=O) groups is 11. The Labute approximate surface area is 575 Å². The molecule has 0 aliphatic rings. The number of aliphatic imine (C=N–C) groups is 3. The van der Waals surface area contributed by atoms with Crippen molar-refractivity contribution in [1.29, 1.82) is 0 Å². The second kappa shape index (κ2) is 44.1. The normalized spacial score (nSPS) is 13.9. The molecule has 0 aromatic heterocycles. The molecule has 0 unspecified atom stereocenters. The number of hydrogen-bond acceptors (Lipinski definition) is 17. The van der Waals surface area contributed by atoms with E-state index >= 15 is 9.59 Å². The summed E-state index contributed by atoms with van der Waals surface area (Å²) in [5.74, 6) is -9.41. The maximum Gasteiger partial charge on any atom is 0.407 e. The first-order chi connectivity index (χ1) is 46.5. The molecular formula is C71H103N13O14. The number of hydrogen-bond donors (Lipinski definition) is 10. The molecule has 0 spiro atoms. The summed E-state index contributed by atoms with van der Waals surface area (Å²) >= 11 is 0. The van der Waals surface area contributed by atoms with Gasteiger partial charge in [0.2, 0.25) is 23.6 Å². The van der Waals surface area contributed by atoms with Crippen molar-refractivity contribution in [2.24, 2.45) is 55.8 Å². The van der Waals surface area contributed by atoms with Gasteiger partial charge in [0.15, 0.2) is 35.1 Å². The second-order valence-corrected chi connectivity index (χ2v) is 25.0. The molecule has 3 aromatic rings. The molecule has 536 valence electrons. The van der Waals surface area contributed by atoms with Gasteiger partial charge in [0.25, 0.3) is 0 Å². The smallest absolute Gasteiger partial charge is 0.407 e. The van der Waals surface area contributed by atoms with Gasteiger partial charge in [0.1, 0.15) is 30.3 Å². The van der Waals surface area contributed by atoms with E-state index in [1.165, 1.54) is 40.1 Å². The number of nitrogens with one attached hydrogen (secondary N) is 7. The van der Waals surface area contributed by atoms with E-state index in [9.17, 15) is 43.2 Å². The zero-order valence-electron chi connectivity index (χ0n) is 58.1. The minimum absolute atomic E-state index is 0.00325. The Kier molecular flexibility index (Phi) is 37.1. The first kappa shape index (κ1) is 82.4. The van der Waals surface area contributed by atoms with Crippen LogP contribution < -0.4 is 59.2 Å². The number of rotatable bonds is 46. The Morgan fingerprint density at radius 2 is 1.11 bits per heavy atom. The van der Waals surface area contributed by atoms with E-state index in [4.69, 9.17) is 31.4 Å². The molecule has 0 saturated carbocycles. The van der Waals surface area contributed by atoms with Gasteiger partial charge in [-0.2, -0.15) is 0 Å².